The maximum Gasteiger partial charge on any atom is 0.221 e. The summed E-state index contributed by atoms with van der Waals surface area (Å²) in [6.45, 7) is 3.46. The Morgan fingerprint density at radius 2 is 2.24 bits per heavy atom. The zero-order valence-electron chi connectivity index (χ0n) is 10.6. The number of hydrogen-bond donors (Lipinski definition) is 2. The molecule has 1 aromatic carbocycles. The van der Waals surface area contributed by atoms with Crippen molar-refractivity contribution in [3.05, 3.63) is 23.8 Å². The van der Waals surface area contributed by atoms with Gasteiger partial charge in [0.05, 0.1) is 12.8 Å². The van der Waals surface area contributed by atoms with E-state index in [1.165, 1.54) is 6.92 Å². The Labute approximate surface area is 102 Å². The molecule has 3 N–H and O–H groups in total. The van der Waals surface area contributed by atoms with Gasteiger partial charge in [-0.15, -0.1) is 0 Å². The Morgan fingerprint density at radius 3 is 2.76 bits per heavy atom. The molecule has 4 nitrogen and oxygen atoms in total. The number of methoxy groups -OCH3 is 1. The van der Waals surface area contributed by atoms with E-state index < -0.39 is 0 Å². The number of rotatable bonds is 5. The summed E-state index contributed by atoms with van der Waals surface area (Å²) in [6, 6.07) is 5.97. The van der Waals surface area contributed by atoms with Crippen molar-refractivity contribution < 1.29 is 9.53 Å². The molecule has 0 aliphatic carbocycles. The highest BCUT2D eigenvalue weighted by Crippen LogP contribution is 2.26. The molecule has 0 fully saturated rings. The number of ether oxygens (including phenoxy) is 1. The predicted molar refractivity (Wildman–Crippen MR) is 69.3 cm³/mol. The van der Waals surface area contributed by atoms with E-state index in [4.69, 9.17) is 10.5 Å². The van der Waals surface area contributed by atoms with Gasteiger partial charge >= 0.3 is 0 Å². The number of carbonyl (C=O) groups excluding carboxylic acids is 1. The van der Waals surface area contributed by atoms with Crippen LogP contribution in [0.4, 0.5) is 5.69 Å². The van der Waals surface area contributed by atoms with Gasteiger partial charge < -0.3 is 15.8 Å². The van der Waals surface area contributed by atoms with Crippen molar-refractivity contribution in [1.82, 2.24) is 0 Å². The largest absolute Gasteiger partial charge is 0.495 e. The van der Waals surface area contributed by atoms with Gasteiger partial charge in [0.2, 0.25) is 5.91 Å². The van der Waals surface area contributed by atoms with Gasteiger partial charge in [-0.25, -0.2) is 0 Å². The Kier molecular flexibility index (Phi) is 4.97. The molecule has 0 saturated carbocycles. The molecule has 0 radical (unpaired) electrons. The van der Waals surface area contributed by atoms with Crippen LogP contribution in [0, 0.1) is 0 Å². The SMILES string of the molecule is COc1ccc(CCC(C)N)cc1NC(C)=O. The van der Waals surface area contributed by atoms with Gasteiger partial charge in [-0.05, 0) is 37.5 Å². The molecule has 0 saturated heterocycles. The first-order chi connectivity index (χ1) is 8.02. The average molecular weight is 236 g/mol. The molecular weight excluding hydrogens is 216 g/mol. The summed E-state index contributed by atoms with van der Waals surface area (Å²) in [7, 11) is 1.59. The van der Waals surface area contributed by atoms with Crippen LogP contribution in [0.1, 0.15) is 25.8 Å². The minimum atomic E-state index is -0.104. The van der Waals surface area contributed by atoms with Crippen LogP contribution >= 0.6 is 0 Å². The summed E-state index contributed by atoms with van der Waals surface area (Å²) in [4.78, 5) is 11.1. The van der Waals surface area contributed by atoms with Crippen LogP contribution in [-0.4, -0.2) is 19.1 Å². The van der Waals surface area contributed by atoms with E-state index in [1.54, 1.807) is 7.11 Å². The predicted octanol–water partition coefficient (Wildman–Crippen LogP) is 1.93. The summed E-state index contributed by atoms with van der Waals surface area (Å²) >= 11 is 0. The van der Waals surface area contributed by atoms with Crippen LogP contribution in [0.15, 0.2) is 18.2 Å². The van der Waals surface area contributed by atoms with E-state index in [2.05, 4.69) is 5.32 Å². The van der Waals surface area contributed by atoms with Crippen molar-refractivity contribution >= 4 is 11.6 Å². The van der Waals surface area contributed by atoms with Gasteiger partial charge in [0, 0.05) is 13.0 Å². The van der Waals surface area contributed by atoms with Gasteiger partial charge in [0.25, 0.3) is 0 Å². The summed E-state index contributed by atoms with van der Waals surface area (Å²) in [6.07, 6.45) is 1.82. The Balaban J connectivity index is 2.84. The van der Waals surface area contributed by atoms with E-state index in [0.717, 1.165) is 18.4 Å². The Morgan fingerprint density at radius 1 is 1.53 bits per heavy atom. The maximum absolute atomic E-state index is 11.1. The molecule has 0 bridgehead atoms. The molecule has 17 heavy (non-hydrogen) atoms. The van der Waals surface area contributed by atoms with E-state index >= 15 is 0 Å². The lowest BCUT2D eigenvalue weighted by atomic mass is 10.1. The summed E-state index contributed by atoms with van der Waals surface area (Å²) in [5.41, 5.74) is 7.58. The van der Waals surface area contributed by atoms with Crippen LogP contribution in [0.3, 0.4) is 0 Å². The first kappa shape index (κ1) is 13.5. The van der Waals surface area contributed by atoms with E-state index in [0.29, 0.717) is 11.4 Å². The molecule has 1 amide bonds. The Hall–Kier alpha value is -1.55. The number of hydrogen-bond acceptors (Lipinski definition) is 3. The third-order valence-corrected chi connectivity index (χ3v) is 2.46. The van der Waals surface area contributed by atoms with Gasteiger partial charge in [-0.3, -0.25) is 4.79 Å². The van der Waals surface area contributed by atoms with Crippen molar-refractivity contribution in [2.24, 2.45) is 5.73 Å². The molecule has 0 spiro atoms. The summed E-state index contributed by atoms with van der Waals surface area (Å²) < 4.78 is 5.19. The zero-order valence-corrected chi connectivity index (χ0v) is 10.6. The standard InChI is InChI=1S/C13H20N2O2/c1-9(14)4-5-11-6-7-13(17-3)12(8-11)15-10(2)16/h6-9H,4-5,14H2,1-3H3,(H,15,16). The van der Waals surface area contributed by atoms with Gasteiger partial charge in [-0.2, -0.15) is 0 Å². The third kappa shape index (κ3) is 4.44. The zero-order chi connectivity index (χ0) is 12.8. The number of benzene rings is 1. The molecule has 1 unspecified atom stereocenters. The number of anilines is 1. The van der Waals surface area contributed by atoms with Crippen molar-refractivity contribution in [3.8, 4) is 5.75 Å². The first-order valence-electron chi connectivity index (χ1n) is 5.73. The number of nitrogens with one attached hydrogen (secondary N) is 1. The van der Waals surface area contributed by atoms with E-state index in [9.17, 15) is 4.79 Å². The lowest BCUT2D eigenvalue weighted by molar-refractivity contribution is -0.114. The Bertz CT molecular complexity index is 389. The van der Waals surface area contributed by atoms with Crippen molar-refractivity contribution in [2.45, 2.75) is 32.7 Å². The second-order valence-corrected chi connectivity index (χ2v) is 4.23. The molecule has 1 aromatic rings. The average Bonchev–Trinajstić information content (AvgIpc) is 2.25. The fraction of sp³-hybridized carbons (Fsp3) is 0.462. The topological polar surface area (TPSA) is 64.3 Å². The van der Waals surface area contributed by atoms with Gasteiger partial charge in [0.15, 0.2) is 0 Å². The molecular formula is C13H20N2O2. The normalized spacial score (nSPS) is 12.0. The minimum Gasteiger partial charge on any atom is -0.495 e. The molecule has 0 aromatic heterocycles. The van der Waals surface area contributed by atoms with Crippen LogP contribution in [0.2, 0.25) is 0 Å². The molecule has 1 atom stereocenters. The molecule has 0 aliphatic heterocycles. The molecule has 94 valence electrons. The van der Waals surface area contributed by atoms with Crippen molar-refractivity contribution in [2.75, 3.05) is 12.4 Å². The monoisotopic (exact) mass is 236 g/mol. The maximum atomic E-state index is 11.1. The van der Waals surface area contributed by atoms with Crippen LogP contribution in [0.5, 0.6) is 5.75 Å². The molecule has 1 rings (SSSR count). The second kappa shape index (κ2) is 6.25. The fourth-order valence-electron chi connectivity index (χ4n) is 1.59. The summed E-state index contributed by atoms with van der Waals surface area (Å²) in [5, 5.41) is 2.76. The van der Waals surface area contributed by atoms with Crippen LogP contribution in [0.25, 0.3) is 0 Å². The fourth-order valence-corrected chi connectivity index (χ4v) is 1.59. The highest BCUT2D eigenvalue weighted by molar-refractivity contribution is 5.90. The van der Waals surface area contributed by atoms with E-state index in [1.807, 2.05) is 25.1 Å². The minimum absolute atomic E-state index is 0.104. The number of nitrogens with two attached hydrogens (primary N) is 1. The van der Waals surface area contributed by atoms with Crippen molar-refractivity contribution in [1.29, 1.82) is 0 Å². The summed E-state index contributed by atoms with van der Waals surface area (Å²) in [5.74, 6) is 0.567. The molecule has 0 aliphatic rings. The molecule has 4 heteroatoms. The van der Waals surface area contributed by atoms with E-state index in [-0.39, 0.29) is 11.9 Å². The van der Waals surface area contributed by atoms with Gasteiger partial charge in [-0.1, -0.05) is 6.07 Å². The highest BCUT2D eigenvalue weighted by atomic mass is 16.5. The number of amides is 1. The van der Waals surface area contributed by atoms with Crippen molar-refractivity contribution in [3.63, 3.8) is 0 Å². The van der Waals surface area contributed by atoms with Crippen LogP contribution < -0.4 is 15.8 Å². The highest BCUT2D eigenvalue weighted by Gasteiger charge is 2.06. The second-order valence-electron chi connectivity index (χ2n) is 4.23. The lowest BCUT2D eigenvalue weighted by Gasteiger charge is -2.11. The van der Waals surface area contributed by atoms with Crippen LogP contribution in [-0.2, 0) is 11.2 Å². The number of aryl methyl sites for hydroxylation is 1. The van der Waals surface area contributed by atoms with Gasteiger partial charge in [0.1, 0.15) is 5.75 Å². The third-order valence-electron chi connectivity index (χ3n) is 2.46. The number of carbonyl (C=O) groups is 1. The quantitative estimate of drug-likeness (QED) is 0.821. The smallest absolute Gasteiger partial charge is 0.221 e. The molecule has 0 heterocycles. The lowest BCUT2D eigenvalue weighted by Crippen LogP contribution is -2.15. The first-order valence-corrected chi connectivity index (χ1v) is 5.73.